The molecular formula is C21H17N3O2. The average Bonchev–Trinajstić information content (AvgIpc) is 3.21. The van der Waals surface area contributed by atoms with E-state index >= 15 is 0 Å². The van der Waals surface area contributed by atoms with E-state index in [1.807, 2.05) is 54.6 Å². The number of aromatic nitrogens is 2. The number of hydrogen-bond donors (Lipinski definition) is 1. The van der Waals surface area contributed by atoms with E-state index in [1.54, 1.807) is 18.7 Å². The van der Waals surface area contributed by atoms with Crippen LogP contribution in [0.15, 0.2) is 77.7 Å². The smallest absolute Gasteiger partial charge is 0.252 e. The Bertz CT molecular complexity index is 1030. The standard InChI is InChI=1S/C21H17N3O2/c25-21(23-11-9-16-6-4-12-26-16)18-13-20(15-5-3-10-22-14-15)24-19-8-2-1-7-17(18)19/h1-8,10,12-14H,9,11H2,(H,23,25). The summed E-state index contributed by atoms with van der Waals surface area (Å²) in [6.07, 6.45) is 5.74. The predicted molar refractivity (Wildman–Crippen MR) is 99.7 cm³/mol. The predicted octanol–water partition coefficient (Wildman–Crippen LogP) is 3.86. The Balaban J connectivity index is 1.65. The zero-order valence-electron chi connectivity index (χ0n) is 14.1. The monoisotopic (exact) mass is 343 g/mol. The van der Waals surface area contributed by atoms with Crippen LogP contribution in [0.25, 0.3) is 22.2 Å². The normalized spacial score (nSPS) is 10.8. The molecule has 4 aromatic rings. The van der Waals surface area contributed by atoms with Gasteiger partial charge in [0.05, 0.1) is 23.0 Å². The van der Waals surface area contributed by atoms with Crippen molar-refractivity contribution in [1.29, 1.82) is 0 Å². The van der Waals surface area contributed by atoms with E-state index in [9.17, 15) is 4.79 Å². The lowest BCUT2D eigenvalue weighted by Crippen LogP contribution is -2.26. The third kappa shape index (κ3) is 3.32. The van der Waals surface area contributed by atoms with Crippen molar-refractivity contribution in [2.45, 2.75) is 6.42 Å². The molecule has 0 aliphatic heterocycles. The van der Waals surface area contributed by atoms with Gasteiger partial charge >= 0.3 is 0 Å². The van der Waals surface area contributed by atoms with Crippen LogP contribution in [-0.2, 0) is 6.42 Å². The Morgan fingerprint density at radius 2 is 2.00 bits per heavy atom. The van der Waals surface area contributed by atoms with Gasteiger partial charge in [0.1, 0.15) is 5.76 Å². The molecule has 5 nitrogen and oxygen atoms in total. The molecular weight excluding hydrogens is 326 g/mol. The minimum absolute atomic E-state index is 0.125. The molecule has 4 rings (SSSR count). The fourth-order valence-electron chi connectivity index (χ4n) is 2.87. The summed E-state index contributed by atoms with van der Waals surface area (Å²) >= 11 is 0. The second-order valence-corrected chi connectivity index (χ2v) is 5.90. The lowest BCUT2D eigenvalue weighted by molar-refractivity contribution is 0.0955. The van der Waals surface area contributed by atoms with Crippen LogP contribution in [-0.4, -0.2) is 22.4 Å². The largest absolute Gasteiger partial charge is 0.469 e. The highest BCUT2D eigenvalue weighted by Gasteiger charge is 2.13. The van der Waals surface area contributed by atoms with E-state index < -0.39 is 0 Å². The summed E-state index contributed by atoms with van der Waals surface area (Å²) in [6.45, 7) is 0.505. The molecule has 5 heteroatoms. The van der Waals surface area contributed by atoms with Gasteiger partial charge in [-0.25, -0.2) is 4.98 Å². The fourth-order valence-corrected chi connectivity index (χ4v) is 2.87. The summed E-state index contributed by atoms with van der Waals surface area (Å²) < 4.78 is 5.30. The van der Waals surface area contributed by atoms with E-state index in [0.29, 0.717) is 18.5 Å². The third-order valence-corrected chi connectivity index (χ3v) is 4.16. The van der Waals surface area contributed by atoms with Crippen molar-refractivity contribution in [3.63, 3.8) is 0 Å². The maximum atomic E-state index is 12.8. The molecule has 1 amide bonds. The number of rotatable bonds is 5. The minimum Gasteiger partial charge on any atom is -0.469 e. The first-order valence-electron chi connectivity index (χ1n) is 8.42. The molecule has 26 heavy (non-hydrogen) atoms. The Hall–Kier alpha value is -3.47. The molecule has 0 unspecified atom stereocenters. The van der Waals surface area contributed by atoms with Crippen molar-refractivity contribution in [2.75, 3.05) is 6.54 Å². The summed E-state index contributed by atoms with van der Waals surface area (Å²) in [6, 6.07) is 17.0. The highest BCUT2D eigenvalue weighted by molar-refractivity contribution is 6.07. The summed E-state index contributed by atoms with van der Waals surface area (Å²) in [4.78, 5) is 21.6. The number of fused-ring (bicyclic) bond motifs is 1. The number of furan rings is 1. The molecule has 0 aliphatic carbocycles. The maximum absolute atomic E-state index is 12.8. The topological polar surface area (TPSA) is 68.0 Å². The number of amides is 1. The van der Waals surface area contributed by atoms with E-state index in [1.165, 1.54) is 0 Å². The number of nitrogens with zero attached hydrogens (tertiary/aromatic N) is 2. The fraction of sp³-hybridized carbons (Fsp3) is 0.0952. The molecule has 1 N–H and O–H groups in total. The van der Waals surface area contributed by atoms with Crippen LogP contribution >= 0.6 is 0 Å². The highest BCUT2D eigenvalue weighted by atomic mass is 16.3. The van der Waals surface area contributed by atoms with Gasteiger partial charge in [0.2, 0.25) is 0 Å². The Kier molecular flexibility index (Phi) is 4.43. The third-order valence-electron chi connectivity index (χ3n) is 4.16. The lowest BCUT2D eigenvalue weighted by atomic mass is 10.0. The number of carbonyl (C=O) groups is 1. The van der Waals surface area contributed by atoms with Gasteiger partial charge in [0.15, 0.2) is 0 Å². The van der Waals surface area contributed by atoms with Gasteiger partial charge in [0, 0.05) is 36.3 Å². The first-order valence-corrected chi connectivity index (χ1v) is 8.42. The van der Waals surface area contributed by atoms with Crippen molar-refractivity contribution in [2.24, 2.45) is 0 Å². The van der Waals surface area contributed by atoms with Crippen LogP contribution in [0.1, 0.15) is 16.1 Å². The molecule has 0 saturated heterocycles. The Morgan fingerprint density at radius 3 is 2.81 bits per heavy atom. The van der Waals surface area contributed by atoms with E-state index in [0.717, 1.165) is 27.9 Å². The summed E-state index contributed by atoms with van der Waals surface area (Å²) in [5.41, 5.74) is 3.00. The zero-order chi connectivity index (χ0) is 17.8. The first-order chi connectivity index (χ1) is 12.8. The summed E-state index contributed by atoms with van der Waals surface area (Å²) in [5, 5.41) is 3.80. The van der Waals surface area contributed by atoms with Gasteiger partial charge in [-0.15, -0.1) is 0 Å². The highest BCUT2D eigenvalue weighted by Crippen LogP contribution is 2.24. The minimum atomic E-state index is -0.125. The van der Waals surface area contributed by atoms with Gasteiger partial charge in [-0.05, 0) is 36.4 Å². The van der Waals surface area contributed by atoms with Gasteiger partial charge < -0.3 is 9.73 Å². The van der Waals surface area contributed by atoms with E-state index in [2.05, 4.69) is 15.3 Å². The molecule has 0 radical (unpaired) electrons. The van der Waals surface area contributed by atoms with Crippen molar-refractivity contribution >= 4 is 16.8 Å². The molecule has 0 fully saturated rings. The van der Waals surface area contributed by atoms with E-state index in [4.69, 9.17) is 4.42 Å². The number of nitrogens with one attached hydrogen (secondary N) is 1. The zero-order valence-corrected chi connectivity index (χ0v) is 14.1. The average molecular weight is 343 g/mol. The van der Waals surface area contributed by atoms with Gasteiger partial charge in [-0.2, -0.15) is 0 Å². The quantitative estimate of drug-likeness (QED) is 0.597. The number of carbonyl (C=O) groups excluding carboxylic acids is 1. The van der Waals surface area contributed by atoms with Crippen molar-refractivity contribution in [3.8, 4) is 11.3 Å². The number of benzene rings is 1. The maximum Gasteiger partial charge on any atom is 0.252 e. The summed E-state index contributed by atoms with van der Waals surface area (Å²) in [5.74, 6) is 0.723. The molecule has 0 aliphatic rings. The Labute approximate surface area is 150 Å². The van der Waals surface area contributed by atoms with Crippen LogP contribution in [0.3, 0.4) is 0 Å². The van der Waals surface area contributed by atoms with Crippen LogP contribution in [0, 0.1) is 0 Å². The lowest BCUT2D eigenvalue weighted by Gasteiger charge is -2.10. The Morgan fingerprint density at radius 1 is 1.08 bits per heavy atom. The number of para-hydroxylation sites is 1. The second-order valence-electron chi connectivity index (χ2n) is 5.90. The van der Waals surface area contributed by atoms with Crippen LogP contribution in [0.4, 0.5) is 0 Å². The number of pyridine rings is 2. The van der Waals surface area contributed by atoms with Crippen molar-refractivity contribution in [1.82, 2.24) is 15.3 Å². The molecule has 128 valence electrons. The molecule has 3 heterocycles. The second kappa shape index (κ2) is 7.19. The number of hydrogen-bond acceptors (Lipinski definition) is 4. The van der Waals surface area contributed by atoms with Crippen LogP contribution in [0.5, 0.6) is 0 Å². The van der Waals surface area contributed by atoms with Gasteiger partial charge in [-0.1, -0.05) is 18.2 Å². The molecule has 0 spiro atoms. The summed E-state index contributed by atoms with van der Waals surface area (Å²) in [7, 11) is 0. The van der Waals surface area contributed by atoms with Gasteiger partial charge in [0.25, 0.3) is 5.91 Å². The van der Waals surface area contributed by atoms with Crippen LogP contribution < -0.4 is 5.32 Å². The molecule has 0 bridgehead atoms. The van der Waals surface area contributed by atoms with Gasteiger partial charge in [-0.3, -0.25) is 9.78 Å². The van der Waals surface area contributed by atoms with Crippen LogP contribution in [0.2, 0.25) is 0 Å². The molecule has 0 atom stereocenters. The first kappa shape index (κ1) is 16.0. The van der Waals surface area contributed by atoms with E-state index in [-0.39, 0.29) is 5.91 Å². The molecule has 0 saturated carbocycles. The van der Waals surface area contributed by atoms with Crippen molar-refractivity contribution < 1.29 is 9.21 Å². The SMILES string of the molecule is O=C(NCCc1ccco1)c1cc(-c2cccnc2)nc2ccccc12. The molecule has 3 aromatic heterocycles. The molecule has 1 aromatic carbocycles. The van der Waals surface area contributed by atoms with Crippen molar-refractivity contribution in [3.05, 3.63) is 84.6 Å².